The summed E-state index contributed by atoms with van der Waals surface area (Å²) >= 11 is 0. The Hall–Kier alpha value is -1.33. The van der Waals surface area contributed by atoms with Crippen LogP contribution in [0.15, 0.2) is 12.1 Å². The van der Waals surface area contributed by atoms with E-state index < -0.39 is 11.9 Å². The topological polar surface area (TPSA) is 64.7 Å². The molecule has 0 saturated heterocycles. The Morgan fingerprint density at radius 1 is 1.40 bits per heavy atom. The maximum atomic E-state index is 13.4. The Morgan fingerprint density at radius 3 is 2.53 bits per heavy atom. The zero-order valence-corrected chi connectivity index (χ0v) is 8.66. The molecule has 0 radical (unpaired) electrons. The molecule has 0 fully saturated rings. The first kappa shape index (κ1) is 11.7. The van der Waals surface area contributed by atoms with Gasteiger partial charge in [0.15, 0.2) is 17.3 Å². The summed E-state index contributed by atoms with van der Waals surface area (Å²) in [6.45, 7) is 0.0227. The van der Waals surface area contributed by atoms with Gasteiger partial charge in [-0.1, -0.05) is 0 Å². The molecule has 1 rings (SSSR count). The molecule has 0 saturated carbocycles. The Labute approximate surface area is 87.4 Å². The fraction of sp³-hybridized carbons (Fsp3) is 0.400. The third-order valence-corrected chi connectivity index (χ3v) is 2.06. The van der Waals surface area contributed by atoms with Gasteiger partial charge in [-0.3, -0.25) is 0 Å². The molecule has 4 nitrogen and oxygen atoms in total. The van der Waals surface area contributed by atoms with E-state index in [1.165, 1.54) is 26.4 Å². The summed E-state index contributed by atoms with van der Waals surface area (Å²) in [4.78, 5) is 0. The van der Waals surface area contributed by atoms with Crippen molar-refractivity contribution in [2.24, 2.45) is 5.73 Å². The number of rotatable bonds is 4. The molecule has 15 heavy (non-hydrogen) atoms. The molecule has 5 heteroatoms. The highest BCUT2D eigenvalue weighted by molar-refractivity contribution is 5.44. The lowest BCUT2D eigenvalue weighted by molar-refractivity contribution is 0.185. The summed E-state index contributed by atoms with van der Waals surface area (Å²) in [5.41, 5.74) is 5.64. The van der Waals surface area contributed by atoms with Crippen LogP contribution >= 0.6 is 0 Å². The Bertz CT molecular complexity index is 344. The lowest BCUT2D eigenvalue weighted by Crippen LogP contribution is -2.12. The first-order chi connectivity index (χ1) is 7.13. The monoisotopic (exact) mass is 215 g/mol. The number of hydrogen-bond donors (Lipinski definition) is 2. The average Bonchev–Trinajstić information content (AvgIpc) is 2.26. The van der Waals surface area contributed by atoms with E-state index >= 15 is 0 Å². The van der Waals surface area contributed by atoms with E-state index in [4.69, 9.17) is 15.2 Å². The highest BCUT2D eigenvalue weighted by atomic mass is 19.1. The van der Waals surface area contributed by atoms with Gasteiger partial charge in [-0.2, -0.15) is 0 Å². The van der Waals surface area contributed by atoms with Crippen LogP contribution in [0.25, 0.3) is 0 Å². The molecule has 0 aliphatic carbocycles. The molecule has 1 aromatic rings. The summed E-state index contributed by atoms with van der Waals surface area (Å²) in [6.07, 6.45) is -0.903. The van der Waals surface area contributed by atoms with Crippen molar-refractivity contribution in [1.82, 2.24) is 0 Å². The van der Waals surface area contributed by atoms with Crippen molar-refractivity contribution < 1.29 is 19.0 Å². The van der Waals surface area contributed by atoms with E-state index in [0.717, 1.165) is 0 Å². The van der Waals surface area contributed by atoms with Gasteiger partial charge >= 0.3 is 0 Å². The number of aliphatic hydroxyl groups excluding tert-OH is 1. The van der Waals surface area contributed by atoms with Crippen molar-refractivity contribution >= 4 is 0 Å². The van der Waals surface area contributed by atoms with E-state index in [1.54, 1.807) is 0 Å². The van der Waals surface area contributed by atoms with Crippen LogP contribution in [-0.4, -0.2) is 25.9 Å². The molecule has 1 aromatic carbocycles. The molecule has 0 aliphatic heterocycles. The Morgan fingerprint density at radius 2 is 2.07 bits per heavy atom. The zero-order valence-electron chi connectivity index (χ0n) is 8.66. The third-order valence-electron chi connectivity index (χ3n) is 2.06. The van der Waals surface area contributed by atoms with Crippen molar-refractivity contribution in [3.63, 3.8) is 0 Å². The van der Waals surface area contributed by atoms with Gasteiger partial charge in [0, 0.05) is 6.54 Å². The standard InChI is InChI=1S/C10H14FNO3/c1-14-9-4-6(8(13)5-12)3-7(11)10(9)15-2/h3-4,8,13H,5,12H2,1-2H3. The van der Waals surface area contributed by atoms with Crippen molar-refractivity contribution in [3.8, 4) is 11.5 Å². The quantitative estimate of drug-likeness (QED) is 0.781. The smallest absolute Gasteiger partial charge is 0.196 e. The summed E-state index contributed by atoms with van der Waals surface area (Å²) in [6, 6.07) is 2.68. The minimum Gasteiger partial charge on any atom is -0.493 e. The minimum atomic E-state index is -0.903. The Balaban J connectivity index is 3.19. The summed E-state index contributed by atoms with van der Waals surface area (Å²) in [5.74, 6) is -0.329. The predicted octanol–water partition coefficient (Wildman–Crippen LogP) is 0.835. The van der Waals surface area contributed by atoms with Gasteiger partial charge in [-0.25, -0.2) is 4.39 Å². The molecule has 0 aliphatic rings. The van der Waals surface area contributed by atoms with Gasteiger partial charge in [-0.15, -0.1) is 0 Å². The SMILES string of the molecule is COc1cc(C(O)CN)cc(F)c1OC. The lowest BCUT2D eigenvalue weighted by atomic mass is 10.1. The molecule has 0 bridgehead atoms. The van der Waals surface area contributed by atoms with Gasteiger partial charge < -0.3 is 20.3 Å². The maximum Gasteiger partial charge on any atom is 0.196 e. The molecule has 0 spiro atoms. The number of hydrogen-bond acceptors (Lipinski definition) is 4. The first-order valence-electron chi connectivity index (χ1n) is 4.43. The largest absolute Gasteiger partial charge is 0.493 e. The third kappa shape index (κ3) is 2.37. The highest BCUT2D eigenvalue weighted by Gasteiger charge is 2.15. The molecule has 1 atom stereocenters. The average molecular weight is 215 g/mol. The van der Waals surface area contributed by atoms with Crippen LogP contribution in [0.1, 0.15) is 11.7 Å². The summed E-state index contributed by atoms with van der Waals surface area (Å²) < 4.78 is 23.2. The van der Waals surface area contributed by atoms with Crippen molar-refractivity contribution in [3.05, 3.63) is 23.5 Å². The zero-order chi connectivity index (χ0) is 11.4. The van der Waals surface area contributed by atoms with Crippen LogP contribution < -0.4 is 15.2 Å². The van der Waals surface area contributed by atoms with Crippen LogP contribution in [0, 0.1) is 5.82 Å². The lowest BCUT2D eigenvalue weighted by Gasteiger charge is -2.13. The molecule has 3 N–H and O–H groups in total. The second-order valence-electron chi connectivity index (χ2n) is 2.99. The number of benzene rings is 1. The predicted molar refractivity (Wildman–Crippen MR) is 53.5 cm³/mol. The second kappa shape index (κ2) is 4.95. The molecule has 0 aromatic heterocycles. The molecular weight excluding hydrogens is 201 g/mol. The number of ether oxygens (including phenoxy) is 2. The van der Waals surface area contributed by atoms with E-state index in [1.807, 2.05) is 0 Å². The highest BCUT2D eigenvalue weighted by Crippen LogP contribution is 2.32. The van der Waals surface area contributed by atoms with Gasteiger partial charge in [-0.05, 0) is 17.7 Å². The van der Waals surface area contributed by atoms with Gasteiger partial charge in [0.2, 0.25) is 0 Å². The number of methoxy groups -OCH3 is 2. The van der Waals surface area contributed by atoms with E-state index in [-0.39, 0.29) is 18.0 Å². The Kier molecular flexibility index (Phi) is 3.88. The summed E-state index contributed by atoms with van der Waals surface area (Å²) in [7, 11) is 2.75. The second-order valence-corrected chi connectivity index (χ2v) is 2.99. The minimum absolute atomic E-state index is 0.0190. The van der Waals surface area contributed by atoms with Crippen LogP contribution in [0.3, 0.4) is 0 Å². The van der Waals surface area contributed by atoms with Gasteiger partial charge in [0.05, 0.1) is 20.3 Å². The van der Waals surface area contributed by atoms with E-state index in [0.29, 0.717) is 5.56 Å². The van der Waals surface area contributed by atoms with Crippen molar-refractivity contribution in [1.29, 1.82) is 0 Å². The fourth-order valence-electron chi connectivity index (χ4n) is 1.27. The molecule has 84 valence electrons. The van der Waals surface area contributed by atoms with Crippen LogP contribution in [0.2, 0.25) is 0 Å². The fourth-order valence-corrected chi connectivity index (χ4v) is 1.27. The number of nitrogens with two attached hydrogens (primary N) is 1. The van der Waals surface area contributed by atoms with Gasteiger partial charge in [0.25, 0.3) is 0 Å². The molecule has 0 amide bonds. The van der Waals surface area contributed by atoms with E-state index in [9.17, 15) is 9.50 Å². The molecule has 0 heterocycles. The number of aliphatic hydroxyl groups is 1. The van der Waals surface area contributed by atoms with Crippen LogP contribution in [-0.2, 0) is 0 Å². The van der Waals surface area contributed by atoms with Crippen molar-refractivity contribution in [2.45, 2.75) is 6.10 Å². The molecule has 1 unspecified atom stereocenters. The molecular formula is C10H14FNO3. The summed E-state index contributed by atoms with van der Waals surface area (Å²) in [5, 5.41) is 9.45. The number of halogens is 1. The normalized spacial score (nSPS) is 12.3. The van der Waals surface area contributed by atoms with E-state index in [2.05, 4.69) is 0 Å². The maximum absolute atomic E-state index is 13.4. The van der Waals surface area contributed by atoms with Crippen LogP contribution in [0.4, 0.5) is 4.39 Å². The van der Waals surface area contributed by atoms with Gasteiger partial charge in [0.1, 0.15) is 0 Å². The van der Waals surface area contributed by atoms with Crippen LogP contribution in [0.5, 0.6) is 11.5 Å². The first-order valence-corrected chi connectivity index (χ1v) is 4.43. The van der Waals surface area contributed by atoms with Crippen molar-refractivity contribution in [2.75, 3.05) is 20.8 Å².